The van der Waals surface area contributed by atoms with Crippen LogP contribution in [0, 0.1) is 5.92 Å². The monoisotopic (exact) mass is 210 g/mol. The molecule has 3 heteroatoms. The van der Waals surface area contributed by atoms with Crippen molar-refractivity contribution >= 4 is 11.8 Å². The molecule has 2 nitrogen and oxygen atoms in total. The summed E-state index contributed by atoms with van der Waals surface area (Å²) in [6.45, 7) is 4.37. The van der Waals surface area contributed by atoms with Crippen LogP contribution in [0.2, 0.25) is 0 Å². The minimum atomic E-state index is 0.270. The van der Waals surface area contributed by atoms with Crippen LogP contribution in [0.1, 0.15) is 20.3 Å². The molecule has 14 heavy (non-hydrogen) atoms. The summed E-state index contributed by atoms with van der Waals surface area (Å²) in [7, 11) is 0. The lowest BCUT2D eigenvalue weighted by atomic mass is 10.0. The van der Waals surface area contributed by atoms with Gasteiger partial charge in [-0.3, -0.25) is 0 Å². The summed E-state index contributed by atoms with van der Waals surface area (Å²) in [5.41, 5.74) is 6.03. The molecule has 0 bridgehead atoms. The Kier molecular flexibility index (Phi) is 4.98. The number of hydrogen-bond acceptors (Lipinski definition) is 3. The molecule has 2 N–H and O–H groups in total. The Balaban J connectivity index is 2.34. The van der Waals surface area contributed by atoms with Crippen LogP contribution >= 0.6 is 11.8 Å². The molecule has 0 aliphatic rings. The van der Waals surface area contributed by atoms with E-state index in [2.05, 4.69) is 18.8 Å². The normalized spacial score (nSPS) is 15.1. The van der Waals surface area contributed by atoms with Crippen LogP contribution in [0.15, 0.2) is 29.4 Å². The smallest absolute Gasteiger partial charge is 0.0960 e. The molecule has 0 aliphatic carbocycles. The maximum absolute atomic E-state index is 6.03. The zero-order valence-corrected chi connectivity index (χ0v) is 9.63. The van der Waals surface area contributed by atoms with Crippen molar-refractivity contribution in [3.8, 4) is 0 Å². The lowest BCUT2D eigenvalue weighted by molar-refractivity contribution is 0.475. The standard InChI is InChI=1S/C11H18N2S/c1-3-9(2)10(12)8-14-11-6-4-5-7-13-11/h4-7,9-10H,3,8,12H2,1-2H3/t9-,10-/m1/s1. The number of pyridine rings is 1. The summed E-state index contributed by atoms with van der Waals surface area (Å²) in [5, 5.41) is 1.06. The van der Waals surface area contributed by atoms with E-state index in [9.17, 15) is 0 Å². The Morgan fingerprint density at radius 3 is 2.86 bits per heavy atom. The quantitative estimate of drug-likeness (QED) is 0.759. The maximum atomic E-state index is 6.03. The molecule has 1 heterocycles. The van der Waals surface area contributed by atoms with Gasteiger partial charge in [-0.05, 0) is 18.1 Å². The van der Waals surface area contributed by atoms with Gasteiger partial charge in [0.15, 0.2) is 0 Å². The second-order valence-corrected chi connectivity index (χ2v) is 4.57. The lowest BCUT2D eigenvalue weighted by Crippen LogP contribution is -2.30. The van der Waals surface area contributed by atoms with Gasteiger partial charge in [-0.1, -0.05) is 26.3 Å². The number of nitrogens with zero attached hydrogens (tertiary/aromatic N) is 1. The highest BCUT2D eigenvalue weighted by atomic mass is 32.2. The van der Waals surface area contributed by atoms with Gasteiger partial charge in [0.05, 0.1) is 5.03 Å². The van der Waals surface area contributed by atoms with Gasteiger partial charge >= 0.3 is 0 Å². The van der Waals surface area contributed by atoms with Gasteiger partial charge in [-0.2, -0.15) is 0 Å². The van der Waals surface area contributed by atoms with Crippen molar-refractivity contribution in [3.63, 3.8) is 0 Å². The number of rotatable bonds is 5. The summed E-state index contributed by atoms with van der Waals surface area (Å²) >= 11 is 1.74. The molecule has 0 aliphatic heterocycles. The molecule has 1 aromatic rings. The molecule has 0 amide bonds. The third kappa shape index (κ3) is 3.68. The van der Waals surface area contributed by atoms with Crippen molar-refractivity contribution < 1.29 is 0 Å². The molecule has 2 atom stereocenters. The number of nitrogens with two attached hydrogens (primary N) is 1. The van der Waals surface area contributed by atoms with Crippen molar-refractivity contribution in [1.82, 2.24) is 4.98 Å². The van der Waals surface area contributed by atoms with Crippen LogP contribution in [0.4, 0.5) is 0 Å². The average molecular weight is 210 g/mol. The van der Waals surface area contributed by atoms with E-state index in [0.29, 0.717) is 5.92 Å². The van der Waals surface area contributed by atoms with Crippen LogP contribution in [-0.4, -0.2) is 16.8 Å². The van der Waals surface area contributed by atoms with Gasteiger partial charge in [-0.15, -0.1) is 11.8 Å². The molecule has 0 aromatic carbocycles. The first kappa shape index (κ1) is 11.5. The number of aromatic nitrogens is 1. The summed E-state index contributed by atoms with van der Waals surface area (Å²) in [6.07, 6.45) is 2.96. The Labute approximate surface area is 90.3 Å². The zero-order chi connectivity index (χ0) is 10.4. The minimum Gasteiger partial charge on any atom is -0.327 e. The average Bonchev–Trinajstić information content (AvgIpc) is 2.26. The molecule has 1 rings (SSSR count). The van der Waals surface area contributed by atoms with Gasteiger partial charge in [0.2, 0.25) is 0 Å². The predicted octanol–water partition coefficient (Wildman–Crippen LogP) is 2.55. The van der Waals surface area contributed by atoms with Crippen molar-refractivity contribution in [2.75, 3.05) is 5.75 Å². The van der Waals surface area contributed by atoms with E-state index in [4.69, 9.17) is 5.73 Å². The van der Waals surface area contributed by atoms with Gasteiger partial charge < -0.3 is 5.73 Å². The Hall–Kier alpha value is -0.540. The van der Waals surface area contributed by atoms with Crippen molar-refractivity contribution in [2.24, 2.45) is 11.7 Å². The van der Waals surface area contributed by atoms with E-state index < -0.39 is 0 Å². The fourth-order valence-electron chi connectivity index (χ4n) is 1.08. The van der Waals surface area contributed by atoms with E-state index in [1.807, 2.05) is 24.4 Å². The number of thioether (sulfide) groups is 1. The Morgan fingerprint density at radius 1 is 1.50 bits per heavy atom. The van der Waals surface area contributed by atoms with Gasteiger partial charge in [0, 0.05) is 18.0 Å². The van der Waals surface area contributed by atoms with E-state index in [0.717, 1.165) is 17.2 Å². The molecule has 0 saturated heterocycles. The Morgan fingerprint density at radius 2 is 2.29 bits per heavy atom. The first-order chi connectivity index (χ1) is 6.74. The third-order valence-corrected chi connectivity index (χ3v) is 3.53. The summed E-state index contributed by atoms with van der Waals surface area (Å²) < 4.78 is 0. The molecule has 0 unspecified atom stereocenters. The highest BCUT2D eigenvalue weighted by Crippen LogP contribution is 2.18. The fraction of sp³-hybridized carbons (Fsp3) is 0.545. The molecular formula is C11H18N2S. The maximum Gasteiger partial charge on any atom is 0.0960 e. The molecule has 78 valence electrons. The number of hydrogen-bond donors (Lipinski definition) is 1. The SMILES string of the molecule is CC[C@@H](C)[C@H](N)CSc1ccccn1. The highest BCUT2D eigenvalue weighted by molar-refractivity contribution is 7.99. The summed E-state index contributed by atoms with van der Waals surface area (Å²) in [6, 6.07) is 6.23. The van der Waals surface area contributed by atoms with Crippen molar-refractivity contribution in [3.05, 3.63) is 24.4 Å². The summed E-state index contributed by atoms with van der Waals surface area (Å²) in [5.74, 6) is 1.54. The van der Waals surface area contributed by atoms with Gasteiger partial charge in [0.25, 0.3) is 0 Å². The van der Waals surface area contributed by atoms with Crippen LogP contribution in [-0.2, 0) is 0 Å². The molecule has 0 spiro atoms. The minimum absolute atomic E-state index is 0.270. The topological polar surface area (TPSA) is 38.9 Å². The van der Waals surface area contributed by atoms with Crippen molar-refractivity contribution in [2.45, 2.75) is 31.3 Å². The highest BCUT2D eigenvalue weighted by Gasteiger charge is 2.10. The van der Waals surface area contributed by atoms with Crippen molar-refractivity contribution in [1.29, 1.82) is 0 Å². The van der Waals surface area contributed by atoms with Gasteiger partial charge in [0.1, 0.15) is 0 Å². The fourth-order valence-corrected chi connectivity index (χ4v) is 2.08. The molecule has 0 fully saturated rings. The first-order valence-corrected chi connectivity index (χ1v) is 6.02. The van der Waals surface area contributed by atoms with E-state index in [1.165, 1.54) is 0 Å². The van der Waals surface area contributed by atoms with Gasteiger partial charge in [-0.25, -0.2) is 4.98 Å². The third-order valence-electron chi connectivity index (χ3n) is 2.44. The lowest BCUT2D eigenvalue weighted by Gasteiger charge is -2.17. The zero-order valence-electron chi connectivity index (χ0n) is 8.81. The van der Waals surface area contributed by atoms with Crippen LogP contribution in [0.5, 0.6) is 0 Å². The van der Waals surface area contributed by atoms with Crippen LogP contribution in [0.25, 0.3) is 0 Å². The van der Waals surface area contributed by atoms with E-state index >= 15 is 0 Å². The van der Waals surface area contributed by atoms with Crippen LogP contribution in [0.3, 0.4) is 0 Å². The predicted molar refractivity (Wildman–Crippen MR) is 62.4 cm³/mol. The van der Waals surface area contributed by atoms with Crippen LogP contribution < -0.4 is 5.73 Å². The van der Waals surface area contributed by atoms with E-state index in [-0.39, 0.29) is 6.04 Å². The largest absolute Gasteiger partial charge is 0.327 e. The molecule has 0 radical (unpaired) electrons. The Bertz CT molecular complexity index is 251. The van der Waals surface area contributed by atoms with E-state index in [1.54, 1.807) is 11.8 Å². The molecule has 0 saturated carbocycles. The first-order valence-electron chi connectivity index (χ1n) is 5.03. The second-order valence-electron chi connectivity index (χ2n) is 3.53. The molecule has 1 aromatic heterocycles. The second kappa shape index (κ2) is 6.04. The molecular weight excluding hydrogens is 192 g/mol. The summed E-state index contributed by atoms with van der Waals surface area (Å²) in [4.78, 5) is 4.24.